The molecule has 0 saturated carbocycles. The third-order valence-corrected chi connectivity index (χ3v) is 4.90. The maximum Gasteiger partial charge on any atom is 0.245 e. The van der Waals surface area contributed by atoms with E-state index < -0.39 is 0 Å². The number of fused-ring (bicyclic) bond motifs is 1. The van der Waals surface area contributed by atoms with Crippen molar-refractivity contribution in [3.8, 4) is 0 Å². The molecule has 21 heavy (non-hydrogen) atoms. The summed E-state index contributed by atoms with van der Waals surface area (Å²) in [6.07, 6.45) is 5.03. The van der Waals surface area contributed by atoms with Crippen LogP contribution in [-0.4, -0.2) is 41.4 Å². The summed E-state index contributed by atoms with van der Waals surface area (Å²) in [5, 5.41) is 0. The van der Waals surface area contributed by atoms with E-state index in [2.05, 4.69) is 41.8 Å². The van der Waals surface area contributed by atoms with E-state index in [9.17, 15) is 4.79 Å². The van der Waals surface area contributed by atoms with Crippen LogP contribution in [0.4, 0.5) is 0 Å². The minimum atomic E-state index is 0.0913. The van der Waals surface area contributed by atoms with E-state index in [0.29, 0.717) is 12.0 Å². The highest BCUT2D eigenvalue weighted by Gasteiger charge is 2.36. The molecule has 2 aliphatic heterocycles. The molecule has 0 radical (unpaired) electrons. The van der Waals surface area contributed by atoms with Crippen molar-refractivity contribution in [2.24, 2.45) is 5.92 Å². The minimum Gasteiger partial charge on any atom is -0.339 e. The van der Waals surface area contributed by atoms with Gasteiger partial charge < -0.3 is 4.90 Å². The van der Waals surface area contributed by atoms with Crippen LogP contribution < -0.4 is 0 Å². The fourth-order valence-electron chi connectivity index (χ4n) is 3.85. The number of amides is 1. The molecule has 3 nitrogen and oxygen atoms in total. The number of nitrogens with zero attached hydrogens (tertiary/aromatic N) is 2. The smallest absolute Gasteiger partial charge is 0.245 e. The molecule has 1 amide bonds. The van der Waals surface area contributed by atoms with Gasteiger partial charge in [0.1, 0.15) is 0 Å². The molecule has 0 spiro atoms. The Hall–Kier alpha value is -1.61. The lowest BCUT2D eigenvalue weighted by Crippen LogP contribution is -2.54. The molecule has 0 unspecified atom stereocenters. The minimum absolute atomic E-state index is 0.0913. The van der Waals surface area contributed by atoms with E-state index >= 15 is 0 Å². The van der Waals surface area contributed by atoms with Crippen LogP contribution >= 0.6 is 0 Å². The van der Waals surface area contributed by atoms with Gasteiger partial charge in [-0.2, -0.15) is 0 Å². The maximum atomic E-state index is 11.8. The van der Waals surface area contributed by atoms with Crippen molar-refractivity contribution in [2.75, 3.05) is 19.6 Å². The predicted octanol–water partition coefficient (Wildman–Crippen LogP) is 2.69. The summed E-state index contributed by atoms with van der Waals surface area (Å²) in [7, 11) is 0. The fraction of sp³-hybridized carbons (Fsp3) is 0.500. The van der Waals surface area contributed by atoms with Gasteiger partial charge in [-0.1, -0.05) is 36.9 Å². The van der Waals surface area contributed by atoms with Crippen LogP contribution in [0.2, 0.25) is 0 Å². The molecular weight excluding hydrogens is 260 g/mol. The number of carbonyl (C=O) groups is 1. The Bertz CT molecular complexity index is 499. The SMILES string of the molecule is C=CC(=O)N1CC[C@H]2[C@@H](CCCN2Cc2ccccc2)C1. The summed E-state index contributed by atoms with van der Waals surface area (Å²) in [5.74, 6) is 0.716. The molecule has 0 aromatic heterocycles. The van der Waals surface area contributed by atoms with Crippen molar-refractivity contribution >= 4 is 5.91 Å². The molecule has 2 aliphatic rings. The normalized spacial score (nSPS) is 26.2. The number of rotatable bonds is 3. The monoisotopic (exact) mass is 284 g/mol. The number of hydrogen-bond donors (Lipinski definition) is 0. The van der Waals surface area contributed by atoms with Gasteiger partial charge in [0.15, 0.2) is 0 Å². The van der Waals surface area contributed by atoms with Crippen molar-refractivity contribution in [1.82, 2.24) is 9.80 Å². The van der Waals surface area contributed by atoms with Crippen LogP contribution in [0, 0.1) is 5.92 Å². The van der Waals surface area contributed by atoms with Gasteiger partial charge in [0.2, 0.25) is 5.91 Å². The standard InChI is InChI=1S/C18H24N2O/c1-2-18(21)20-12-10-17-16(14-20)9-6-11-19(17)13-15-7-4-3-5-8-15/h2-5,7-8,16-17H,1,6,9-14H2/t16-,17-/m0/s1. The molecule has 1 aromatic carbocycles. The average Bonchev–Trinajstić information content (AvgIpc) is 2.55. The van der Waals surface area contributed by atoms with E-state index in [1.807, 2.05) is 4.90 Å². The number of hydrogen-bond acceptors (Lipinski definition) is 2. The zero-order valence-corrected chi connectivity index (χ0v) is 12.6. The summed E-state index contributed by atoms with van der Waals surface area (Å²) >= 11 is 0. The molecule has 112 valence electrons. The van der Waals surface area contributed by atoms with Crippen LogP contribution in [0.1, 0.15) is 24.8 Å². The third kappa shape index (κ3) is 3.18. The lowest BCUT2D eigenvalue weighted by molar-refractivity contribution is -0.129. The van der Waals surface area contributed by atoms with Crippen LogP contribution in [0.5, 0.6) is 0 Å². The van der Waals surface area contributed by atoms with Crippen molar-refractivity contribution in [2.45, 2.75) is 31.8 Å². The van der Waals surface area contributed by atoms with E-state index in [4.69, 9.17) is 0 Å². The summed E-state index contributed by atoms with van der Waals surface area (Å²) < 4.78 is 0. The van der Waals surface area contributed by atoms with Crippen molar-refractivity contribution < 1.29 is 4.79 Å². The highest BCUT2D eigenvalue weighted by atomic mass is 16.2. The third-order valence-electron chi connectivity index (χ3n) is 4.90. The Kier molecular flexibility index (Phi) is 4.39. The molecule has 2 heterocycles. The van der Waals surface area contributed by atoms with Gasteiger partial charge in [-0.15, -0.1) is 0 Å². The largest absolute Gasteiger partial charge is 0.339 e. The first-order valence-electron chi connectivity index (χ1n) is 7.97. The Labute approximate surface area is 127 Å². The van der Waals surface area contributed by atoms with E-state index in [1.54, 1.807) is 0 Å². The summed E-state index contributed by atoms with van der Waals surface area (Å²) in [4.78, 5) is 16.4. The molecule has 2 fully saturated rings. The number of piperidine rings is 2. The highest BCUT2D eigenvalue weighted by Crippen LogP contribution is 2.31. The van der Waals surface area contributed by atoms with Gasteiger partial charge in [-0.3, -0.25) is 9.69 Å². The van der Waals surface area contributed by atoms with Crippen LogP contribution in [0.25, 0.3) is 0 Å². The molecule has 0 aliphatic carbocycles. The topological polar surface area (TPSA) is 23.6 Å². The molecule has 3 heteroatoms. The van der Waals surface area contributed by atoms with Gasteiger partial charge in [0.25, 0.3) is 0 Å². The second-order valence-corrected chi connectivity index (χ2v) is 6.20. The zero-order chi connectivity index (χ0) is 14.7. The van der Waals surface area contributed by atoms with E-state index in [1.165, 1.54) is 31.0 Å². The maximum absolute atomic E-state index is 11.8. The van der Waals surface area contributed by atoms with Crippen LogP contribution in [0.3, 0.4) is 0 Å². The van der Waals surface area contributed by atoms with Crippen LogP contribution in [-0.2, 0) is 11.3 Å². The Morgan fingerprint density at radius 3 is 2.81 bits per heavy atom. The van der Waals surface area contributed by atoms with Crippen LogP contribution in [0.15, 0.2) is 43.0 Å². The first-order valence-corrected chi connectivity index (χ1v) is 7.97. The second-order valence-electron chi connectivity index (χ2n) is 6.20. The van der Waals surface area contributed by atoms with Crippen molar-refractivity contribution in [3.05, 3.63) is 48.6 Å². The number of benzene rings is 1. The number of carbonyl (C=O) groups excluding carboxylic acids is 1. The Morgan fingerprint density at radius 2 is 2.05 bits per heavy atom. The summed E-state index contributed by atoms with van der Waals surface area (Å²) in [5.41, 5.74) is 1.39. The van der Waals surface area contributed by atoms with Crippen molar-refractivity contribution in [1.29, 1.82) is 0 Å². The lowest BCUT2D eigenvalue weighted by atomic mass is 9.83. The van der Waals surface area contributed by atoms with E-state index in [-0.39, 0.29) is 5.91 Å². The summed E-state index contributed by atoms with van der Waals surface area (Å²) in [6.45, 7) is 7.61. The Morgan fingerprint density at radius 1 is 1.24 bits per heavy atom. The molecule has 2 saturated heterocycles. The average molecular weight is 284 g/mol. The molecule has 3 rings (SSSR count). The predicted molar refractivity (Wildman–Crippen MR) is 84.8 cm³/mol. The fourth-order valence-corrected chi connectivity index (χ4v) is 3.85. The van der Waals surface area contributed by atoms with Gasteiger partial charge >= 0.3 is 0 Å². The van der Waals surface area contributed by atoms with Gasteiger partial charge in [0.05, 0.1) is 0 Å². The second kappa shape index (κ2) is 6.44. The lowest BCUT2D eigenvalue weighted by Gasteiger charge is -2.47. The van der Waals surface area contributed by atoms with E-state index in [0.717, 1.165) is 26.1 Å². The molecule has 0 bridgehead atoms. The molecule has 1 aromatic rings. The van der Waals surface area contributed by atoms with Gasteiger partial charge in [-0.05, 0) is 43.4 Å². The molecule has 0 N–H and O–H groups in total. The quantitative estimate of drug-likeness (QED) is 0.797. The first kappa shape index (κ1) is 14.3. The van der Waals surface area contributed by atoms with Gasteiger partial charge in [-0.25, -0.2) is 0 Å². The van der Waals surface area contributed by atoms with Crippen molar-refractivity contribution in [3.63, 3.8) is 0 Å². The van der Waals surface area contributed by atoms with Gasteiger partial charge in [0, 0.05) is 25.7 Å². The number of likely N-dealkylation sites (tertiary alicyclic amines) is 2. The molecule has 2 atom stereocenters. The Balaban J connectivity index is 1.66. The zero-order valence-electron chi connectivity index (χ0n) is 12.6. The summed E-state index contributed by atoms with van der Waals surface area (Å²) in [6, 6.07) is 11.3. The highest BCUT2D eigenvalue weighted by molar-refractivity contribution is 5.87. The first-order chi connectivity index (χ1) is 10.3. The molecular formula is C18H24N2O.